The van der Waals surface area contributed by atoms with E-state index in [1.807, 2.05) is 0 Å². The van der Waals surface area contributed by atoms with Gasteiger partial charge in [0.25, 0.3) is 0 Å². The monoisotopic (exact) mass is 633 g/mol. The van der Waals surface area contributed by atoms with Crippen molar-refractivity contribution in [2.75, 3.05) is 0 Å². The fourth-order valence-electron chi connectivity index (χ4n) is 7.99. The van der Waals surface area contributed by atoms with Gasteiger partial charge in [0.1, 0.15) is 0 Å². The average molecular weight is 634 g/mol. The summed E-state index contributed by atoms with van der Waals surface area (Å²) in [6, 6.07) is 68.1. The Labute approximate surface area is 290 Å². The maximum atomic E-state index is 5.23. The van der Waals surface area contributed by atoms with Gasteiger partial charge in [-0.25, -0.2) is 4.98 Å². The molecule has 10 rings (SSSR count). The summed E-state index contributed by atoms with van der Waals surface area (Å²) in [6.07, 6.45) is 0. The Bertz CT molecular complexity index is 2850. The molecular weight excluding hydrogens is 603 g/mol. The van der Waals surface area contributed by atoms with Crippen molar-refractivity contribution in [3.8, 4) is 44.6 Å². The first-order valence-corrected chi connectivity index (χ1v) is 17.2. The van der Waals surface area contributed by atoms with Gasteiger partial charge in [0.2, 0.25) is 0 Å². The number of hydrogen-bond acceptors (Lipinski definition) is 1. The van der Waals surface area contributed by atoms with Crippen LogP contribution in [0.3, 0.4) is 0 Å². The van der Waals surface area contributed by atoms with E-state index in [4.69, 9.17) is 4.98 Å². The van der Waals surface area contributed by atoms with Crippen molar-refractivity contribution in [2.45, 2.75) is 0 Å². The van der Waals surface area contributed by atoms with Crippen LogP contribution < -0.4 is 0 Å². The Kier molecular flexibility index (Phi) is 6.57. The molecule has 1 nitrogen and oxygen atoms in total. The van der Waals surface area contributed by atoms with Crippen molar-refractivity contribution < 1.29 is 0 Å². The highest BCUT2D eigenvalue weighted by Crippen LogP contribution is 2.45. The largest absolute Gasteiger partial charge is 0.247 e. The van der Waals surface area contributed by atoms with E-state index in [2.05, 4.69) is 188 Å². The molecule has 0 atom stereocenters. The minimum atomic E-state index is 1.01. The van der Waals surface area contributed by atoms with Crippen LogP contribution in [-0.4, -0.2) is 4.98 Å². The predicted molar refractivity (Wildman–Crippen MR) is 214 cm³/mol. The number of rotatable bonds is 4. The van der Waals surface area contributed by atoms with E-state index < -0.39 is 0 Å². The average Bonchev–Trinajstić information content (AvgIpc) is 3.19. The fourth-order valence-corrected chi connectivity index (χ4v) is 7.99. The van der Waals surface area contributed by atoms with E-state index in [9.17, 15) is 0 Å². The van der Waals surface area contributed by atoms with Crippen molar-refractivity contribution in [1.82, 2.24) is 4.98 Å². The summed E-state index contributed by atoms with van der Waals surface area (Å²) in [4.78, 5) is 5.23. The Morgan fingerprint density at radius 3 is 1.46 bits per heavy atom. The topological polar surface area (TPSA) is 12.9 Å². The van der Waals surface area contributed by atoms with Crippen LogP contribution >= 0.6 is 0 Å². The highest BCUT2D eigenvalue weighted by molar-refractivity contribution is 6.21. The number of nitrogens with zero attached hydrogens (tertiary/aromatic N) is 1. The maximum absolute atomic E-state index is 5.23. The third-order valence-electron chi connectivity index (χ3n) is 10.2. The van der Waals surface area contributed by atoms with Gasteiger partial charge in [0.05, 0.1) is 11.2 Å². The molecule has 10 aromatic rings. The summed E-state index contributed by atoms with van der Waals surface area (Å²) >= 11 is 0. The number of pyridine rings is 1. The molecule has 0 bridgehead atoms. The van der Waals surface area contributed by atoms with Gasteiger partial charge in [0.15, 0.2) is 0 Å². The molecule has 0 aliphatic rings. The highest BCUT2D eigenvalue weighted by atomic mass is 14.7. The fraction of sp³-hybridized carbons (Fsp3) is 0. The SMILES string of the molecule is c1cc(-c2c3ccccc3c(-c3ccc(-c4cccc5ccccc45)cc3)c3ccccc23)cc(-c2nc3ccccc3c3ccccc23)c1. The molecule has 1 heteroatoms. The number of benzene rings is 9. The third kappa shape index (κ3) is 4.52. The first kappa shape index (κ1) is 28.4. The van der Waals surface area contributed by atoms with Crippen molar-refractivity contribution in [3.63, 3.8) is 0 Å². The minimum Gasteiger partial charge on any atom is -0.247 e. The summed E-state index contributed by atoms with van der Waals surface area (Å²) in [6.45, 7) is 0. The van der Waals surface area contributed by atoms with Gasteiger partial charge in [-0.3, -0.25) is 0 Å². The number of fused-ring (bicyclic) bond motifs is 6. The molecule has 0 N–H and O–H groups in total. The van der Waals surface area contributed by atoms with E-state index >= 15 is 0 Å². The Morgan fingerprint density at radius 2 is 0.760 bits per heavy atom. The van der Waals surface area contributed by atoms with Crippen LogP contribution in [-0.2, 0) is 0 Å². The van der Waals surface area contributed by atoms with E-state index in [-0.39, 0.29) is 0 Å². The van der Waals surface area contributed by atoms with Gasteiger partial charge in [-0.2, -0.15) is 0 Å². The zero-order valence-electron chi connectivity index (χ0n) is 27.3. The van der Waals surface area contributed by atoms with Gasteiger partial charge in [0, 0.05) is 16.3 Å². The lowest BCUT2D eigenvalue weighted by Crippen LogP contribution is -1.92. The Morgan fingerprint density at radius 1 is 0.280 bits per heavy atom. The van der Waals surface area contributed by atoms with Gasteiger partial charge in [-0.05, 0) is 83.2 Å². The second kappa shape index (κ2) is 11.5. The van der Waals surface area contributed by atoms with Crippen molar-refractivity contribution >= 4 is 54.0 Å². The van der Waals surface area contributed by atoms with E-state index in [1.165, 1.54) is 81.9 Å². The minimum absolute atomic E-state index is 1.01. The van der Waals surface area contributed by atoms with Crippen LogP contribution in [0.1, 0.15) is 0 Å². The molecule has 0 spiro atoms. The number of para-hydroxylation sites is 1. The smallest absolute Gasteiger partial charge is 0.0788 e. The van der Waals surface area contributed by atoms with Crippen molar-refractivity contribution in [1.29, 1.82) is 0 Å². The molecule has 1 aromatic heterocycles. The number of hydrogen-bond donors (Lipinski definition) is 0. The molecule has 0 radical (unpaired) electrons. The van der Waals surface area contributed by atoms with Gasteiger partial charge < -0.3 is 0 Å². The Balaban J connectivity index is 1.17. The van der Waals surface area contributed by atoms with Crippen LogP contribution in [0.5, 0.6) is 0 Å². The lowest BCUT2D eigenvalue weighted by atomic mass is 9.85. The third-order valence-corrected chi connectivity index (χ3v) is 10.2. The molecule has 232 valence electrons. The van der Waals surface area contributed by atoms with Gasteiger partial charge in [-0.15, -0.1) is 0 Å². The van der Waals surface area contributed by atoms with Crippen LogP contribution in [0.2, 0.25) is 0 Å². The molecule has 50 heavy (non-hydrogen) atoms. The van der Waals surface area contributed by atoms with Gasteiger partial charge in [-0.1, -0.05) is 176 Å². The molecular formula is C49H31N. The second-order valence-corrected chi connectivity index (χ2v) is 13.0. The normalized spacial score (nSPS) is 11.6. The molecule has 0 aliphatic heterocycles. The molecule has 0 saturated carbocycles. The first-order chi connectivity index (χ1) is 24.8. The summed E-state index contributed by atoms with van der Waals surface area (Å²) in [7, 11) is 0. The molecule has 0 amide bonds. The Hall–Kier alpha value is -6.57. The van der Waals surface area contributed by atoms with E-state index in [1.54, 1.807) is 0 Å². The summed E-state index contributed by atoms with van der Waals surface area (Å²) in [5, 5.41) is 11.1. The summed E-state index contributed by atoms with van der Waals surface area (Å²) in [5.41, 5.74) is 10.5. The van der Waals surface area contributed by atoms with Crippen LogP contribution in [0.4, 0.5) is 0 Å². The van der Waals surface area contributed by atoms with Crippen LogP contribution in [0.15, 0.2) is 188 Å². The zero-order chi connectivity index (χ0) is 33.0. The van der Waals surface area contributed by atoms with E-state index in [0.717, 1.165) is 16.8 Å². The quantitative estimate of drug-likeness (QED) is 0.139. The van der Waals surface area contributed by atoms with Crippen LogP contribution in [0.25, 0.3) is 98.6 Å². The van der Waals surface area contributed by atoms with Crippen LogP contribution in [0, 0.1) is 0 Å². The predicted octanol–water partition coefficient (Wildman–Crippen LogP) is 13.5. The van der Waals surface area contributed by atoms with Crippen molar-refractivity contribution in [2.24, 2.45) is 0 Å². The maximum Gasteiger partial charge on any atom is 0.0788 e. The molecule has 0 fully saturated rings. The zero-order valence-corrected chi connectivity index (χ0v) is 27.3. The molecule has 0 aliphatic carbocycles. The van der Waals surface area contributed by atoms with E-state index in [0.29, 0.717) is 0 Å². The molecule has 0 unspecified atom stereocenters. The van der Waals surface area contributed by atoms with Crippen molar-refractivity contribution in [3.05, 3.63) is 188 Å². The lowest BCUT2D eigenvalue weighted by Gasteiger charge is -2.18. The molecule has 1 heterocycles. The summed E-state index contributed by atoms with van der Waals surface area (Å²) < 4.78 is 0. The lowest BCUT2D eigenvalue weighted by molar-refractivity contribution is 1.43. The van der Waals surface area contributed by atoms with Gasteiger partial charge >= 0.3 is 0 Å². The highest BCUT2D eigenvalue weighted by Gasteiger charge is 2.18. The summed E-state index contributed by atoms with van der Waals surface area (Å²) in [5.74, 6) is 0. The standard InChI is InChI=1S/C49H31N/c1-2-17-37-32(13-1)14-12-25-38(37)33-27-29-34(30-28-33)47-41-20-4-6-22-43(41)48(44-23-7-5-21-42(44)47)35-15-11-16-36(31-35)49-45-24-8-3-18-39(45)40-19-9-10-26-46(40)50-49/h1-31H. The molecule has 0 saturated heterocycles. The molecule has 9 aromatic carbocycles. The number of aromatic nitrogens is 1. The second-order valence-electron chi connectivity index (χ2n) is 13.0. The first-order valence-electron chi connectivity index (χ1n) is 17.2.